The molecular formula is C26H22BrF3N6O2. The summed E-state index contributed by atoms with van der Waals surface area (Å²) in [6.45, 7) is -0.281. The minimum absolute atomic E-state index is 0.0579. The lowest BCUT2D eigenvalue weighted by Crippen LogP contribution is -2.31. The van der Waals surface area contributed by atoms with Crippen molar-refractivity contribution in [1.29, 1.82) is 0 Å². The molecule has 12 heteroatoms. The topological polar surface area (TPSA) is 111 Å². The molecule has 196 valence electrons. The highest BCUT2D eigenvalue weighted by molar-refractivity contribution is 9.10. The van der Waals surface area contributed by atoms with Gasteiger partial charge in [0.15, 0.2) is 12.0 Å². The number of hydrogen-bond acceptors (Lipinski definition) is 6. The average Bonchev–Trinajstić information content (AvgIpc) is 3.48. The van der Waals surface area contributed by atoms with Crippen molar-refractivity contribution in [2.75, 3.05) is 24.3 Å². The fraction of sp³-hybridized carbons (Fsp3) is 0.154. The number of amides is 1. The lowest BCUT2D eigenvalue weighted by atomic mass is 10.1. The van der Waals surface area contributed by atoms with Gasteiger partial charge >= 0.3 is 0 Å². The molecule has 38 heavy (non-hydrogen) atoms. The van der Waals surface area contributed by atoms with Gasteiger partial charge in [-0.25, -0.2) is 17.9 Å². The zero-order valence-electron chi connectivity index (χ0n) is 19.8. The molecule has 1 aliphatic heterocycles. The maximum Gasteiger partial charge on any atom is 0.250 e. The first-order valence-corrected chi connectivity index (χ1v) is 12.3. The molecule has 4 aromatic rings. The molecule has 2 heterocycles. The lowest BCUT2D eigenvalue weighted by Gasteiger charge is -2.24. The second kappa shape index (κ2) is 10.5. The van der Waals surface area contributed by atoms with E-state index >= 15 is 0 Å². The molecule has 1 amide bonds. The van der Waals surface area contributed by atoms with Gasteiger partial charge in [-0.2, -0.15) is 5.10 Å². The van der Waals surface area contributed by atoms with Crippen LogP contribution in [0, 0.1) is 17.5 Å². The molecule has 3 aromatic carbocycles. The van der Waals surface area contributed by atoms with Gasteiger partial charge in [0.2, 0.25) is 0 Å². The number of halogens is 4. The van der Waals surface area contributed by atoms with Gasteiger partial charge in [0.1, 0.15) is 29.6 Å². The number of rotatable bonds is 7. The van der Waals surface area contributed by atoms with Gasteiger partial charge < -0.3 is 20.8 Å². The van der Waals surface area contributed by atoms with Crippen LogP contribution < -0.4 is 17.0 Å². The number of hydrazine groups is 1. The van der Waals surface area contributed by atoms with Gasteiger partial charge in [-0.05, 0) is 61.0 Å². The molecule has 0 radical (unpaired) electrons. The second-order valence-electron chi connectivity index (χ2n) is 8.62. The van der Waals surface area contributed by atoms with Crippen LogP contribution in [0.5, 0.6) is 0 Å². The zero-order chi connectivity index (χ0) is 27.0. The maximum absolute atomic E-state index is 14.9. The largest absolute Gasteiger partial charge is 0.397 e. The van der Waals surface area contributed by atoms with Crippen LogP contribution in [0.15, 0.2) is 65.3 Å². The van der Waals surface area contributed by atoms with Crippen molar-refractivity contribution in [2.24, 2.45) is 5.84 Å². The Morgan fingerprint density at radius 1 is 1.11 bits per heavy atom. The van der Waals surface area contributed by atoms with E-state index in [1.165, 1.54) is 17.0 Å². The van der Waals surface area contributed by atoms with Crippen LogP contribution in [0.4, 0.5) is 24.5 Å². The number of nitrogens with two attached hydrogens (primary N) is 2. The standard InChI is InChI=1S/C26H22BrF3N6O2/c27-15-3-7-17(8-4-15)36-12-19(24(34-36)14-1-5-16(28)6-2-14)26-35(22(37)13-38-26)10-9-18-20(29)11-21(31)25(33-32)23(18)30/h1-8,11-12,26,33H,9-10,13,31-32H2. The van der Waals surface area contributed by atoms with Crippen molar-refractivity contribution in [3.05, 3.63) is 93.8 Å². The monoisotopic (exact) mass is 586 g/mol. The Kier molecular flexibility index (Phi) is 7.11. The third-order valence-electron chi connectivity index (χ3n) is 6.28. The Morgan fingerprint density at radius 3 is 2.50 bits per heavy atom. The summed E-state index contributed by atoms with van der Waals surface area (Å²) in [5, 5.41) is 4.70. The van der Waals surface area contributed by atoms with Crippen LogP contribution in [-0.2, 0) is 16.0 Å². The molecule has 1 aliphatic rings. The van der Waals surface area contributed by atoms with Crippen molar-refractivity contribution < 1.29 is 22.7 Å². The third kappa shape index (κ3) is 4.85. The molecule has 1 aromatic heterocycles. The van der Waals surface area contributed by atoms with Crippen molar-refractivity contribution in [2.45, 2.75) is 12.6 Å². The molecule has 1 fully saturated rings. The van der Waals surface area contributed by atoms with Gasteiger partial charge in [0.05, 0.1) is 11.4 Å². The van der Waals surface area contributed by atoms with Crippen LogP contribution in [0.1, 0.15) is 17.4 Å². The van der Waals surface area contributed by atoms with Crippen molar-refractivity contribution in [3.8, 4) is 16.9 Å². The summed E-state index contributed by atoms with van der Waals surface area (Å²) in [5.74, 6) is 2.80. The summed E-state index contributed by atoms with van der Waals surface area (Å²) >= 11 is 3.41. The Morgan fingerprint density at radius 2 is 1.82 bits per heavy atom. The molecule has 5 N–H and O–H groups in total. The van der Waals surface area contributed by atoms with Gasteiger partial charge in [-0.1, -0.05) is 15.9 Å². The van der Waals surface area contributed by atoms with Crippen LogP contribution in [-0.4, -0.2) is 33.7 Å². The number of nitrogen functional groups attached to an aromatic ring is 2. The number of aromatic nitrogens is 2. The summed E-state index contributed by atoms with van der Waals surface area (Å²) in [6, 6.07) is 14.2. The van der Waals surface area contributed by atoms with E-state index in [0.29, 0.717) is 16.8 Å². The fourth-order valence-corrected chi connectivity index (χ4v) is 4.63. The van der Waals surface area contributed by atoms with Gasteiger partial charge in [-0.3, -0.25) is 10.6 Å². The van der Waals surface area contributed by atoms with Crippen molar-refractivity contribution in [1.82, 2.24) is 14.7 Å². The normalized spacial score (nSPS) is 15.3. The summed E-state index contributed by atoms with van der Waals surface area (Å²) in [6.07, 6.45) is 0.669. The number of hydrogen-bond donors (Lipinski definition) is 3. The first kappa shape index (κ1) is 25.8. The first-order chi connectivity index (χ1) is 18.3. The zero-order valence-corrected chi connectivity index (χ0v) is 21.4. The molecule has 8 nitrogen and oxygen atoms in total. The molecule has 0 spiro atoms. The second-order valence-corrected chi connectivity index (χ2v) is 9.54. The highest BCUT2D eigenvalue weighted by Gasteiger charge is 2.36. The predicted molar refractivity (Wildman–Crippen MR) is 139 cm³/mol. The number of nitrogens with zero attached hydrogens (tertiary/aromatic N) is 3. The van der Waals surface area contributed by atoms with E-state index in [2.05, 4.69) is 21.4 Å². The van der Waals surface area contributed by atoms with Crippen LogP contribution in [0.2, 0.25) is 0 Å². The molecule has 1 unspecified atom stereocenters. The van der Waals surface area contributed by atoms with E-state index in [9.17, 15) is 18.0 Å². The van der Waals surface area contributed by atoms with E-state index in [1.54, 1.807) is 23.0 Å². The first-order valence-electron chi connectivity index (χ1n) is 11.5. The van der Waals surface area contributed by atoms with E-state index in [1.807, 2.05) is 24.3 Å². The predicted octanol–water partition coefficient (Wildman–Crippen LogP) is 4.69. The van der Waals surface area contributed by atoms with E-state index < -0.39 is 23.7 Å². The number of ether oxygens (including phenoxy) is 1. The van der Waals surface area contributed by atoms with Crippen molar-refractivity contribution >= 4 is 33.2 Å². The van der Waals surface area contributed by atoms with Crippen LogP contribution >= 0.6 is 15.9 Å². The van der Waals surface area contributed by atoms with Crippen molar-refractivity contribution in [3.63, 3.8) is 0 Å². The molecule has 0 saturated carbocycles. The number of carbonyl (C=O) groups excluding carboxylic acids is 1. The summed E-state index contributed by atoms with van der Waals surface area (Å²) in [4.78, 5) is 14.2. The summed E-state index contributed by atoms with van der Waals surface area (Å²) < 4.78 is 51.5. The average molecular weight is 587 g/mol. The van der Waals surface area contributed by atoms with Crippen LogP contribution in [0.3, 0.4) is 0 Å². The molecule has 0 bridgehead atoms. The molecular weight excluding hydrogens is 565 g/mol. The van der Waals surface area contributed by atoms with Crippen LogP contribution in [0.25, 0.3) is 16.9 Å². The number of carbonyl (C=O) groups is 1. The Labute approximate surface area is 224 Å². The molecule has 5 rings (SSSR count). The Hall–Kier alpha value is -3.87. The number of anilines is 2. The van der Waals surface area contributed by atoms with Gasteiger partial charge in [0, 0.05) is 33.9 Å². The van der Waals surface area contributed by atoms with Gasteiger partial charge in [0.25, 0.3) is 5.91 Å². The van der Waals surface area contributed by atoms with E-state index in [0.717, 1.165) is 16.2 Å². The highest BCUT2D eigenvalue weighted by atomic mass is 79.9. The highest BCUT2D eigenvalue weighted by Crippen LogP contribution is 2.36. The minimum atomic E-state index is -0.927. The maximum atomic E-state index is 14.9. The SMILES string of the molecule is NNc1c(N)cc(F)c(CCN2C(=O)COC2c2cn(-c3ccc(Br)cc3)nc2-c2ccc(F)cc2)c1F. The molecule has 1 saturated heterocycles. The van der Waals surface area contributed by atoms with E-state index in [4.69, 9.17) is 21.4 Å². The lowest BCUT2D eigenvalue weighted by molar-refractivity contribution is -0.128. The Balaban J connectivity index is 1.51. The third-order valence-corrected chi connectivity index (χ3v) is 6.80. The van der Waals surface area contributed by atoms with E-state index in [-0.39, 0.29) is 42.4 Å². The summed E-state index contributed by atoms with van der Waals surface area (Å²) in [5.41, 5.74) is 9.47. The quantitative estimate of drug-likeness (QED) is 0.165. The summed E-state index contributed by atoms with van der Waals surface area (Å²) in [7, 11) is 0. The fourth-order valence-electron chi connectivity index (χ4n) is 4.37. The van der Waals surface area contributed by atoms with Gasteiger partial charge in [-0.15, -0.1) is 0 Å². The number of nitrogens with one attached hydrogen (secondary N) is 1. The molecule has 0 aliphatic carbocycles. The molecule has 1 atom stereocenters. The Bertz CT molecular complexity index is 1490. The minimum Gasteiger partial charge on any atom is -0.397 e. The number of benzene rings is 3. The smallest absolute Gasteiger partial charge is 0.250 e.